The van der Waals surface area contributed by atoms with E-state index in [0.29, 0.717) is 0 Å². The van der Waals surface area contributed by atoms with Gasteiger partial charge >= 0.3 is 0 Å². The Balaban J connectivity index is 1.57. The first kappa shape index (κ1) is 19.2. The Hall–Kier alpha value is -1.59. The largest absolute Gasteiger partial charge is 0.379 e. The average Bonchev–Trinajstić information content (AvgIpc) is 2.69. The Bertz CT molecular complexity index is 589. The molecule has 5 nitrogen and oxygen atoms in total. The molecule has 1 aliphatic carbocycles. The molecule has 5 heteroatoms. The van der Waals surface area contributed by atoms with Crippen LogP contribution >= 0.6 is 0 Å². The summed E-state index contributed by atoms with van der Waals surface area (Å²) in [6, 6.07) is 8.62. The van der Waals surface area contributed by atoms with Crippen molar-refractivity contribution in [2.24, 2.45) is 4.99 Å². The van der Waals surface area contributed by atoms with E-state index in [0.717, 1.165) is 45.4 Å². The molecular formula is C21H34N4O. The van der Waals surface area contributed by atoms with Crippen LogP contribution in [0.15, 0.2) is 29.3 Å². The van der Waals surface area contributed by atoms with Crippen LogP contribution < -0.4 is 10.6 Å². The predicted molar refractivity (Wildman–Crippen MR) is 108 cm³/mol. The van der Waals surface area contributed by atoms with Gasteiger partial charge in [-0.3, -0.25) is 9.89 Å². The highest BCUT2D eigenvalue weighted by atomic mass is 16.5. The molecule has 0 unspecified atom stereocenters. The van der Waals surface area contributed by atoms with Gasteiger partial charge in [-0.25, -0.2) is 0 Å². The number of ether oxygens (including phenoxy) is 1. The molecule has 144 valence electrons. The van der Waals surface area contributed by atoms with Gasteiger partial charge in [-0.05, 0) is 25.3 Å². The minimum atomic E-state index is 0.253. The van der Waals surface area contributed by atoms with Crippen molar-refractivity contribution in [3.05, 3.63) is 35.4 Å². The van der Waals surface area contributed by atoms with Gasteiger partial charge in [0.25, 0.3) is 0 Å². The Morgan fingerprint density at radius 3 is 2.62 bits per heavy atom. The molecule has 1 saturated carbocycles. The summed E-state index contributed by atoms with van der Waals surface area (Å²) in [5, 5.41) is 7.09. The van der Waals surface area contributed by atoms with Crippen LogP contribution in [0.3, 0.4) is 0 Å². The van der Waals surface area contributed by atoms with Gasteiger partial charge in [0, 0.05) is 38.8 Å². The summed E-state index contributed by atoms with van der Waals surface area (Å²) in [5.74, 6) is 0.893. The van der Waals surface area contributed by atoms with E-state index >= 15 is 0 Å². The first-order valence-corrected chi connectivity index (χ1v) is 10.0. The molecule has 0 aromatic heterocycles. The van der Waals surface area contributed by atoms with Crippen LogP contribution in [-0.2, 0) is 11.3 Å². The molecule has 0 atom stereocenters. The maximum Gasteiger partial charge on any atom is 0.191 e. The average molecular weight is 359 g/mol. The van der Waals surface area contributed by atoms with E-state index in [1.807, 2.05) is 7.05 Å². The van der Waals surface area contributed by atoms with Crippen LogP contribution in [0.1, 0.15) is 43.2 Å². The van der Waals surface area contributed by atoms with E-state index in [9.17, 15) is 0 Å². The van der Waals surface area contributed by atoms with Gasteiger partial charge in [-0.1, -0.05) is 49.1 Å². The van der Waals surface area contributed by atoms with Crippen LogP contribution in [0.2, 0.25) is 0 Å². The van der Waals surface area contributed by atoms with Crippen molar-refractivity contribution in [2.75, 3.05) is 39.9 Å². The summed E-state index contributed by atoms with van der Waals surface area (Å²) in [7, 11) is 1.86. The third kappa shape index (κ3) is 4.98. The Morgan fingerprint density at radius 2 is 1.92 bits per heavy atom. The number of hydrogen-bond acceptors (Lipinski definition) is 3. The van der Waals surface area contributed by atoms with Crippen molar-refractivity contribution < 1.29 is 4.74 Å². The molecule has 0 radical (unpaired) electrons. The lowest BCUT2D eigenvalue weighted by molar-refractivity contribution is -0.0352. The van der Waals surface area contributed by atoms with Crippen LogP contribution in [-0.4, -0.2) is 56.3 Å². The van der Waals surface area contributed by atoms with E-state index in [4.69, 9.17) is 4.74 Å². The third-order valence-corrected chi connectivity index (χ3v) is 5.82. The van der Waals surface area contributed by atoms with Crippen molar-refractivity contribution in [3.8, 4) is 0 Å². The van der Waals surface area contributed by atoms with E-state index in [1.165, 1.54) is 43.2 Å². The minimum absolute atomic E-state index is 0.253. The first-order chi connectivity index (χ1) is 12.7. The first-order valence-electron chi connectivity index (χ1n) is 10.0. The monoisotopic (exact) mass is 358 g/mol. The highest BCUT2D eigenvalue weighted by Crippen LogP contribution is 2.33. The molecule has 1 aromatic rings. The zero-order chi connectivity index (χ0) is 18.2. The lowest BCUT2D eigenvalue weighted by Crippen LogP contribution is -2.60. The van der Waals surface area contributed by atoms with Crippen molar-refractivity contribution >= 4 is 5.96 Å². The highest BCUT2D eigenvalue weighted by molar-refractivity contribution is 5.79. The van der Waals surface area contributed by atoms with E-state index in [-0.39, 0.29) is 5.54 Å². The molecule has 26 heavy (non-hydrogen) atoms. The molecule has 1 aliphatic heterocycles. The number of rotatable bonds is 5. The molecule has 0 amide bonds. The number of aliphatic imine (C=N–C) groups is 1. The second-order valence-corrected chi connectivity index (χ2v) is 7.65. The molecule has 3 rings (SSSR count). The summed E-state index contributed by atoms with van der Waals surface area (Å²) < 4.78 is 5.58. The molecular weight excluding hydrogens is 324 g/mol. The van der Waals surface area contributed by atoms with Crippen molar-refractivity contribution in [1.82, 2.24) is 15.5 Å². The molecule has 1 aromatic carbocycles. The minimum Gasteiger partial charge on any atom is -0.379 e. The SMILES string of the molecule is CN=C(NCc1cccc(C)c1)NCC1(N2CCOCC2)CCCCC1. The zero-order valence-electron chi connectivity index (χ0n) is 16.4. The smallest absolute Gasteiger partial charge is 0.191 e. The maximum absolute atomic E-state index is 5.58. The van der Waals surface area contributed by atoms with Crippen molar-refractivity contribution in [2.45, 2.75) is 51.1 Å². The van der Waals surface area contributed by atoms with Crippen molar-refractivity contribution in [3.63, 3.8) is 0 Å². The van der Waals surface area contributed by atoms with Gasteiger partial charge in [-0.2, -0.15) is 0 Å². The number of nitrogens with zero attached hydrogens (tertiary/aromatic N) is 2. The second-order valence-electron chi connectivity index (χ2n) is 7.65. The van der Waals surface area contributed by atoms with Gasteiger partial charge in [-0.15, -0.1) is 0 Å². The summed E-state index contributed by atoms with van der Waals surface area (Å²) in [4.78, 5) is 7.10. The molecule has 1 heterocycles. The number of benzene rings is 1. The Morgan fingerprint density at radius 1 is 1.15 bits per heavy atom. The van der Waals surface area contributed by atoms with Gasteiger partial charge in [0.15, 0.2) is 5.96 Å². The van der Waals surface area contributed by atoms with Crippen LogP contribution in [0.5, 0.6) is 0 Å². The third-order valence-electron chi connectivity index (χ3n) is 5.82. The Kier molecular flexibility index (Phi) is 6.92. The normalized spacial score (nSPS) is 21.4. The summed E-state index contributed by atoms with van der Waals surface area (Å²) in [5.41, 5.74) is 2.83. The second kappa shape index (κ2) is 9.38. The Labute approximate surface area is 158 Å². The summed E-state index contributed by atoms with van der Waals surface area (Å²) in [6.07, 6.45) is 6.57. The number of guanidine groups is 1. The topological polar surface area (TPSA) is 48.9 Å². The summed E-state index contributed by atoms with van der Waals surface area (Å²) >= 11 is 0. The van der Waals surface area contributed by atoms with Gasteiger partial charge < -0.3 is 15.4 Å². The highest BCUT2D eigenvalue weighted by Gasteiger charge is 2.38. The number of morpholine rings is 1. The van der Waals surface area contributed by atoms with Gasteiger partial charge in [0.2, 0.25) is 0 Å². The fourth-order valence-electron chi connectivity index (χ4n) is 4.33. The number of aryl methyl sites for hydroxylation is 1. The molecule has 0 spiro atoms. The molecule has 1 saturated heterocycles. The predicted octanol–water partition coefficient (Wildman–Crippen LogP) is 2.70. The molecule has 0 bridgehead atoms. The quantitative estimate of drug-likeness (QED) is 0.628. The lowest BCUT2D eigenvalue weighted by Gasteiger charge is -2.48. The fourth-order valence-corrected chi connectivity index (χ4v) is 4.33. The van der Waals surface area contributed by atoms with Gasteiger partial charge in [0.05, 0.1) is 13.2 Å². The standard InChI is InChI=1S/C21H34N4O/c1-18-7-6-8-19(15-18)16-23-20(22-2)24-17-21(9-4-3-5-10-21)25-11-13-26-14-12-25/h6-8,15H,3-5,9-14,16-17H2,1-2H3,(H2,22,23,24). The van der Waals surface area contributed by atoms with Crippen molar-refractivity contribution in [1.29, 1.82) is 0 Å². The molecule has 2 N–H and O–H groups in total. The lowest BCUT2D eigenvalue weighted by atomic mass is 9.80. The molecule has 2 aliphatic rings. The molecule has 2 fully saturated rings. The van der Waals surface area contributed by atoms with Crippen LogP contribution in [0, 0.1) is 6.92 Å². The maximum atomic E-state index is 5.58. The number of hydrogen-bond donors (Lipinski definition) is 2. The fraction of sp³-hybridized carbons (Fsp3) is 0.667. The number of nitrogens with one attached hydrogen (secondary N) is 2. The van der Waals surface area contributed by atoms with E-state index in [1.54, 1.807) is 0 Å². The van der Waals surface area contributed by atoms with Crippen LogP contribution in [0.4, 0.5) is 0 Å². The summed E-state index contributed by atoms with van der Waals surface area (Å²) in [6.45, 7) is 7.72. The van der Waals surface area contributed by atoms with E-state index < -0.39 is 0 Å². The zero-order valence-corrected chi connectivity index (χ0v) is 16.4. The van der Waals surface area contributed by atoms with Crippen LogP contribution in [0.25, 0.3) is 0 Å². The van der Waals surface area contributed by atoms with E-state index in [2.05, 4.69) is 51.7 Å². The van der Waals surface area contributed by atoms with Gasteiger partial charge in [0.1, 0.15) is 0 Å².